The molecule has 0 amide bonds. The maximum atomic E-state index is 11.3. The summed E-state index contributed by atoms with van der Waals surface area (Å²) >= 11 is 0. The maximum absolute atomic E-state index is 11.3. The minimum Gasteiger partial charge on any atom is -0.399 e. The van der Waals surface area contributed by atoms with Crippen LogP contribution in [0.2, 0.25) is 0 Å². The first-order valence-electron chi connectivity index (χ1n) is 7.05. The zero-order valence-electron chi connectivity index (χ0n) is 12.6. The third-order valence-electron chi connectivity index (χ3n) is 3.72. The van der Waals surface area contributed by atoms with Gasteiger partial charge in [-0.2, -0.15) is 8.42 Å². The summed E-state index contributed by atoms with van der Waals surface area (Å²) in [5.41, 5.74) is 7.17. The van der Waals surface area contributed by atoms with E-state index < -0.39 is 28.1 Å². The largest absolute Gasteiger partial charge is 0.399 e. The number of anilines is 2. The van der Waals surface area contributed by atoms with E-state index in [0.717, 1.165) is 5.69 Å². The smallest absolute Gasteiger partial charge is 0.275 e. The van der Waals surface area contributed by atoms with E-state index in [-0.39, 0.29) is 12.5 Å². The second kappa shape index (κ2) is 7.77. The van der Waals surface area contributed by atoms with Gasteiger partial charge in [-0.25, -0.2) is 0 Å². The van der Waals surface area contributed by atoms with Crippen molar-refractivity contribution >= 4 is 21.5 Å². The molecule has 0 heterocycles. The average Bonchev–Trinajstić information content (AvgIpc) is 2.45. The SMILES string of the molecule is CC(CCCC(CO)(CO)S(=O)(=O)O)Nc1ccc(N)cc1. The summed E-state index contributed by atoms with van der Waals surface area (Å²) in [6.07, 6.45) is 1.01. The summed E-state index contributed by atoms with van der Waals surface area (Å²) in [5.74, 6) is 0. The zero-order chi connectivity index (χ0) is 16.8. The van der Waals surface area contributed by atoms with E-state index in [1.165, 1.54) is 0 Å². The van der Waals surface area contributed by atoms with Crippen LogP contribution in [0.1, 0.15) is 26.2 Å². The number of rotatable bonds is 9. The fourth-order valence-corrected chi connectivity index (χ4v) is 2.90. The van der Waals surface area contributed by atoms with Crippen LogP contribution in [0.3, 0.4) is 0 Å². The van der Waals surface area contributed by atoms with Gasteiger partial charge in [0, 0.05) is 17.4 Å². The van der Waals surface area contributed by atoms with E-state index in [0.29, 0.717) is 18.5 Å². The summed E-state index contributed by atoms with van der Waals surface area (Å²) in [5, 5.41) is 21.7. The van der Waals surface area contributed by atoms with E-state index in [2.05, 4.69) is 5.32 Å². The van der Waals surface area contributed by atoms with Crippen molar-refractivity contribution in [3.05, 3.63) is 24.3 Å². The predicted octanol–water partition coefficient (Wildman–Crippen LogP) is 0.851. The molecule has 0 saturated carbocycles. The Kier molecular flexibility index (Phi) is 6.61. The fourth-order valence-electron chi connectivity index (χ4n) is 2.17. The molecule has 1 aromatic rings. The first kappa shape index (κ1) is 18.7. The molecular weight excluding hydrogens is 308 g/mol. The summed E-state index contributed by atoms with van der Waals surface area (Å²) in [4.78, 5) is 0. The number of hydrogen-bond acceptors (Lipinski definition) is 6. The molecule has 1 atom stereocenters. The van der Waals surface area contributed by atoms with Crippen LogP contribution in [-0.4, -0.2) is 47.2 Å². The van der Waals surface area contributed by atoms with Crippen molar-refractivity contribution in [1.29, 1.82) is 0 Å². The highest BCUT2D eigenvalue weighted by atomic mass is 32.2. The topological polar surface area (TPSA) is 133 Å². The van der Waals surface area contributed by atoms with Gasteiger partial charge in [-0.05, 0) is 50.5 Å². The summed E-state index contributed by atoms with van der Waals surface area (Å²) in [6, 6.07) is 7.29. The van der Waals surface area contributed by atoms with Crippen LogP contribution in [0, 0.1) is 0 Å². The number of nitrogens with two attached hydrogens (primary N) is 1. The van der Waals surface area contributed by atoms with Crippen LogP contribution < -0.4 is 11.1 Å². The highest BCUT2D eigenvalue weighted by Crippen LogP contribution is 2.24. The van der Waals surface area contributed by atoms with Gasteiger partial charge in [-0.15, -0.1) is 0 Å². The molecule has 8 heteroatoms. The predicted molar refractivity (Wildman–Crippen MR) is 86.2 cm³/mol. The molecule has 126 valence electrons. The van der Waals surface area contributed by atoms with Crippen LogP contribution in [-0.2, 0) is 10.1 Å². The van der Waals surface area contributed by atoms with Crippen molar-refractivity contribution in [3.8, 4) is 0 Å². The van der Waals surface area contributed by atoms with Gasteiger partial charge < -0.3 is 21.3 Å². The Balaban J connectivity index is 2.53. The molecule has 0 radical (unpaired) electrons. The Bertz CT molecular complexity index is 555. The number of aliphatic hydroxyl groups excluding tert-OH is 2. The van der Waals surface area contributed by atoms with Gasteiger partial charge in [-0.3, -0.25) is 4.55 Å². The molecular formula is C14H24N2O5S. The lowest BCUT2D eigenvalue weighted by atomic mass is 10.0. The van der Waals surface area contributed by atoms with E-state index in [4.69, 9.17) is 5.73 Å². The lowest BCUT2D eigenvalue weighted by Gasteiger charge is -2.26. The molecule has 0 spiro atoms. The van der Waals surface area contributed by atoms with Crippen molar-refractivity contribution in [2.45, 2.75) is 37.0 Å². The monoisotopic (exact) mass is 332 g/mol. The molecule has 0 aliphatic heterocycles. The molecule has 7 nitrogen and oxygen atoms in total. The average molecular weight is 332 g/mol. The molecule has 0 bridgehead atoms. The summed E-state index contributed by atoms with van der Waals surface area (Å²) in [6.45, 7) is 0.299. The lowest BCUT2D eigenvalue weighted by molar-refractivity contribution is 0.150. The quantitative estimate of drug-likeness (QED) is 0.334. The van der Waals surface area contributed by atoms with Crippen LogP contribution in [0.25, 0.3) is 0 Å². The highest BCUT2D eigenvalue weighted by molar-refractivity contribution is 7.87. The third-order valence-corrected chi connectivity index (χ3v) is 5.27. The van der Waals surface area contributed by atoms with Gasteiger partial charge in [0.1, 0.15) is 4.75 Å². The second-order valence-electron chi connectivity index (χ2n) is 5.53. The van der Waals surface area contributed by atoms with E-state index in [1.54, 1.807) is 12.1 Å². The number of aliphatic hydroxyl groups is 2. The van der Waals surface area contributed by atoms with Crippen molar-refractivity contribution in [2.75, 3.05) is 24.3 Å². The maximum Gasteiger partial charge on any atom is 0.275 e. The van der Waals surface area contributed by atoms with Gasteiger partial charge in [0.2, 0.25) is 0 Å². The van der Waals surface area contributed by atoms with Gasteiger partial charge >= 0.3 is 0 Å². The van der Waals surface area contributed by atoms with Crippen molar-refractivity contribution < 1.29 is 23.2 Å². The fraction of sp³-hybridized carbons (Fsp3) is 0.571. The molecule has 6 N–H and O–H groups in total. The van der Waals surface area contributed by atoms with E-state index >= 15 is 0 Å². The van der Waals surface area contributed by atoms with E-state index in [9.17, 15) is 23.2 Å². The van der Waals surface area contributed by atoms with Crippen molar-refractivity contribution in [3.63, 3.8) is 0 Å². The van der Waals surface area contributed by atoms with Crippen molar-refractivity contribution in [2.24, 2.45) is 0 Å². The minimum atomic E-state index is -4.52. The lowest BCUT2D eigenvalue weighted by Crippen LogP contribution is -2.45. The van der Waals surface area contributed by atoms with Crippen LogP contribution >= 0.6 is 0 Å². The van der Waals surface area contributed by atoms with Crippen LogP contribution in [0.5, 0.6) is 0 Å². The highest BCUT2D eigenvalue weighted by Gasteiger charge is 2.41. The Labute approximate surface area is 130 Å². The Morgan fingerprint density at radius 1 is 1.23 bits per heavy atom. The van der Waals surface area contributed by atoms with Crippen molar-refractivity contribution in [1.82, 2.24) is 0 Å². The molecule has 22 heavy (non-hydrogen) atoms. The number of nitrogen functional groups attached to an aromatic ring is 1. The third kappa shape index (κ3) is 4.84. The molecule has 0 saturated heterocycles. The molecule has 0 aromatic heterocycles. The number of hydrogen-bond donors (Lipinski definition) is 5. The number of benzene rings is 1. The molecule has 0 fully saturated rings. The standard InChI is InChI=1S/C14H24N2O5S/c1-11(16-13-6-4-12(15)5-7-13)3-2-8-14(9-17,10-18)22(19,20)21/h4-7,11,16-18H,2-3,8-10,15H2,1H3,(H,19,20,21). The Hall–Kier alpha value is -1.35. The summed E-state index contributed by atoms with van der Waals surface area (Å²) in [7, 11) is -4.52. The Morgan fingerprint density at radius 2 is 1.77 bits per heavy atom. The summed E-state index contributed by atoms with van der Waals surface area (Å²) < 4.78 is 29.9. The molecule has 1 rings (SSSR count). The molecule has 0 aliphatic rings. The Morgan fingerprint density at radius 3 is 2.23 bits per heavy atom. The molecule has 1 unspecified atom stereocenters. The van der Waals surface area contributed by atoms with E-state index in [1.807, 2.05) is 19.1 Å². The normalized spacial score (nSPS) is 13.8. The second-order valence-corrected chi connectivity index (χ2v) is 7.35. The van der Waals surface area contributed by atoms with Gasteiger partial charge in [0.25, 0.3) is 10.1 Å². The minimum absolute atomic E-state index is 0.0212. The van der Waals surface area contributed by atoms with Gasteiger partial charge in [-0.1, -0.05) is 0 Å². The van der Waals surface area contributed by atoms with Crippen LogP contribution in [0.4, 0.5) is 11.4 Å². The number of nitrogens with one attached hydrogen (secondary N) is 1. The first-order chi connectivity index (χ1) is 10.2. The molecule has 1 aromatic carbocycles. The van der Waals surface area contributed by atoms with Crippen LogP contribution in [0.15, 0.2) is 24.3 Å². The first-order valence-corrected chi connectivity index (χ1v) is 8.49. The van der Waals surface area contributed by atoms with Gasteiger partial charge in [0.05, 0.1) is 13.2 Å². The zero-order valence-corrected chi connectivity index (χ0v) is 13.4. The van der Waals surface area contributed by atoms with Gasteiger partial charge in [0.15, 0.2) is 0 Å². The molecule has 0 aliphatic carbocycles.